The molecule has 7 nitrogen and oxygen atoms in total. The first-order valence-electron chi connectivity index (χ1n) is 10.8. The Kier molecular flexibility index (Phi) is 13.0. The van der Waals surface area contributed by atoms with E-state index in [1.807, 2.05) is 38.1 Å². The van der Waals surface area contributed by atoms with Crippen LogP contribution >= 0.6 is 0 Å². The molecule has 0 saturated heterocycles. The van der Waals surface area contributed by atoms with Crippen molar-refractivity contribution in [3.05, 3.63) is 42.1 Å². The molecular weight excluding hydrogens is 380 g/mol. The Morgan fingerprint density at radius 1 is 1.20 bits per heavy atom. The van der Waals surface area contributed by atoms with Crippen molar-refractivity contribution >= 4 is 12.3 Å². The molecule has 0 spiro atoms. The van der Waals surface area contributed by atoms with E-state index >= 15 is 0 Å². The molecule has 0 radical (unpaired) electrons. The van der Waals surface area contributed by atoms with Crippen LogP contribution in [-0.2, 0) is 16.0 Å². The summed E-state index contributed by atoms with van der Waals surface area (Å²) in [7, 11) is 0. The van der Waals surface area contributed by atoms with Gasteiger partial charge in [0, 0.05) is 30.9 Å². The van der Waals surface area contributed by atoms with E-state index in [-0.39, 0.29) is 24.5 Å². The predicted octanol–water partition coefficient (Wildman–Crippen LogP) is 2.13. The fraction of sp³-hybridized carbons (Fsp3) is 0.565. The number of amides is 2. The second kappa shape index (κ2) is 15.3. The molecule has 2 amide bonds. The van der Waals surface area contributed by atoms with Gasteiger partial charge in [-0.25, -0.2) is 0 Å². The van der Waals surface area contributed by atoms with Gasteiger partial charge >= 0.3 is 0 Å². The fourth-order valence-electron chi connectivity index (χ4n) is 2.96. The molecule has 0 heterocycles. The van der Waals surface area contributed by atoms with Gasteiger partial charge in [-0.15, -0.1) is 0 Å². The molecular formula is C23H38N4O3. The predicted molar refractivity (Wildman–Crippen MR) is 121 cm³/mol. The second-order valence-corrected chi connectivity index (χ2v) is 7.59. The van der Waals surface area contributed by atoms with E-state index < -0.39 is 0 Å². The lowest BCUT2D eigenvalue weighted by Gasteiger charge is -2.18. The molecule has 1 rings (SSSR count). The van der Waals surface area contributed by atoms with Crippen LogP contribution in [0.2, 0.25) is 0 Å². The lowest BCUT2D eigenvalue weighted by Crippen LogP contribution is -2.41. The van der Waals surface area contributed by atoms with E-state index in [1.165, 1.54) is 0 Å². The summed E-state index contributed by atoms with van der Waals surface area (Å²) in [5.74, 6) is 0.848. The van der Waals surface area contributed by atoms with Gasteiger partial charge in [0.2, 0.25) is 12.3 Å². The third kappa shape index (κ3) is 11.5. The van der Waals surface area contributed by atoms with Crippen LogP contribution in [0.15, 0.2) is 36.5 Å². The van der Waals surface area contributed by atoms with Gasteiger partial charge < -0.3 is 26.0 Å². The molecule has 0 aliphatic carbocycles. The van der Waals surface area contributed by atoms with E-state index in [4.69, 9.17) is 4.74 Å². The molecule has 0 bridgehead atoms. The van der Waals surface area contributed by atoms with Crippen LogP contribution in [0.5, 0.6) is 5.75 Å². The highest BCUT2D eigenvalue weighted by atomic mass is 16.5. The number of rotatable bonds is 17. The lowest BCUT2D eigenvalue weighted by molar-refractivity contribution is -0.120. The Hall–Kier alpha value is -2.54. The number of para-hydroxylation sites is 1. The maximum Gasteiger partial charge on any atom is 0.239 e. The van der Waals surface area contributed by atoms with Gasteiger partial charge in [0.05, 0.1) is 6.54 Å². The summed E-state index contributed by atoms with van der Waals surface area (Å²) < 4.78 is 5.99. The van der Waals surface area contributed by atoms with Crippen LogP contribution in [0.3, 0.4) is 0 Å². The molecule has 168 valence electrons. The summed E-state index contributed by atoms with van der Waals surface area (Å²) >= 11 is 0. The van der Waals surface area contributed by atoms with Gasteiger partial charge in [0.25, 0.3) is 0 Å². The topological polar surface area (TPSA) is 91.5 Å². The number of hydrogen-bond donors (Lipinski definition) is 4. The monoisotopic (exact) mass is 418 g/mol. The SMILES string of the molecule is C=C(CN[C@@H](C)COc1ccccc1CCCNC=O)NCC(=O)NC(C)CCC. The van der Waals surface area contributed by atoms with E-state index in [1.54, 1.807) is 0 Å². The first kappa shape index (κ1) is 25.5. The smallest absolute Gasteiger partial charge is 0.239 e. The van der Waals surface area contributed by atoms with Crippen molar-refractivity contribution < 1.29 is 14.3 Å². The Morgan fingerprint density at radius 2 is 1.97 bits per heavy atom. The molecule has 0 fully saturated rings. The van der Waals surface area contributed by atoms with Crippen molar-refractivity contribution in [2.45, 2.75) is 58.5 Å². The molecule has 2 atom stereocenters. The Balaban J connectivity index is 2.28. The Bertz CT molecular complexity index is 651. The largest absolute Gasteiger partial charge is 0.492 e. The summed E-state index contributed by atoms with van der Waals surface area (Å²) in [5.41, 5.74) is 1.90. The van der Waals surface area contributed by atoms with Crippen molar-refractivity contribution in [3.8, 4) is 5.75 Å². The summed E-state index contributed by atoms with van der Waals surface area (Å²) in [6, 6.07) is 8.27. The zero-order valence-corrected chi connectivity index (χ0v) is 18.6. The van der Waals surface area contributed by atoms with E-state index in [0.717, 1.165) is 49.1 Å². The van der Waals surface area contributed by atoms with Crippen LogP contribution < -0.4 is 26.0 Å². The minimum Gasteiger partial charge on any atom is -0.492 e. The van der Waals surface area contributed by atoms with Crippen molar-refractivity contribution in [2.24, 2.45) is 0 Å². The number of hydrogen-bond acceptors (Lipinski definition) is 5. The average Bonchev–Trinajstić information content (AvgIpc) is 2.73. The van der Waals surface area contributed by atoms with Crippen molar-refractivity contribution in [2.75, 3.05) is 26.2 Å². The molecule has 0 aliphatic heterocycles. The highest BCUT2D eigenvalue weighted by molar-refractivity contribution is 5.78. The van der Waals surface area contributed by atoms with Crippen molar-refractivity contribution in [1.29, 1.82) is 0 Å². The van der Waals surface area contributed by atoms with Crippen LogP contribution in [0.4, 0.5) is 0 Å². The molecule has 0 saturated carbocycles. The zero-order chi connectivity index (χ0) is 22.2. The normalized spacial score (nSPS) is 12.5. The van der Waals surface area contributed by atoms with Gasteiger partial charge in [-0.05, 0) is 44.7 Å². The molecule has 1 aromatic rings. The number of carbonyl (C=O) groups is 2. The number of nitrogens with one attached hydrogen (secondary N) is 4. The van der Waals surface area contributed by atoms with Crippen molar-refractivity contribution in [1.82, 2.24) is 21.3 Å². The fourth-order valence-corrected chi connectivity index (χ4v) is 2.96. The van der Waals surface area contributed by atoms with Crippen LogP contribution in [0, 0.1) is 0 Å². The maximum absolute atomic E-state index is 11.9. The van der Waals surface area contributed by atoms with Crippen LogP contribution in [-0.4, -0.2) is 50.6 Å². The molecule has 1 unspecified atom stereocenters. The molecule has 7 heteroatoms. The highest BCUT2D eigenvalue weighted by Crippen LogP contribution is 2.19. The molecule has 0 aliphatic rings. The quantitative estimate of drug-likeness (QED) is 0.230. The number of carbonyl (C=O) groups excluding carboxylic acids is 2. The number of ether oxygens (including phenoxy) is 1. The van der Waals surface area contributed by atoms with E-state index in [2.05, 4.69) is 34.8 Å². The first-order chi connectivity index (χ1) is 14.5. The highest BCUT2D eigenvalue weighted by Gasteiger charge is 2.09. The molecule has 0 aromatic heterocycles. The standard InChI is InChI=1S/C23H38N4O3/c1-5-9-18(2)27-23(29)15-26-19(3)14-25-20(4)16-30-22-12-7-6-10-21(22)11-8-13-24-17-28/h6-7,10,12,17-18,20,25-26H,3,5,8-9,11,13-16H2,1-2,4H3,(H,24,28)(H,27,29)/t18?,20-/m0/s1. The average molecular weight is 419 g/mol. The number of aryl methyl sites for hydroxylation is 1. The van der Waals surface area contributed by atoms with Crippen LogP contribution in [0.1, 0.15) is 45.6 Å². The molecule has 4 N–H and O–H groups in total. The second-order valence-electron chi connectivity index (χ2n) is 7.59. The molecule has 30 heavy (non-hydrogen) atoms. The summed E-state index contributed by atoms with van der Waals surface area (Å²) in [6.45, 7) is 12.1. The summed E-state index contributed by atoms with van der Waals surface area (Å²) in [4.78, 5) is 22.2. The van der Waals surface area contributed by atoms with Gasteiger partial charge in [-0.3, -0.25) is 9.59 Å². The third-order valence-electron chi connectivity index (χ3n) is 4.60. The Labute approximate surface area is 181 Å². The van der Waals surface area contributed by atoms with Gasteiger partial charge in [-0.1, -0.05) is 38.1 Å². The molecule has 1 aromatic carbocycles. The van der Waals surface area contributed by atoms with Gasteiger partial charge in [0.1, 0.15) is 12.4 Å². The summed E-state index contributed by atoms with van der Waals surface area (Å²) in [6.07, 6.45) is 4.46. The van der Waals surface area contributed by atoms with Gasteiger partial charge in [-0.2, -0.15) is 0 Å². The first-order valence-corrected chi connectivity index (χ1v) is 10.8. The van der Waals surface area contributed by atoms with Crippen molar-refractivity contribution in [3.63, 3.8) is 0 Å². The third-order valence-corrected chi connectivity index (χ3v) is 4.60. The maximum atomic E-state index is 11.9. The summed E-state index contributed by atoms with van der Waals surface area (Å²) in [5, 5.41) is 12.0. The lowest BCUT2D eigenvalue weighted by atomic mass is 10.1. The Morgan fingerprint density at radius 3 is 2.70 bits per heavy atom. The minimum absolute atomic E-state index is 0.0200. The minimum atomic E-state index is -0.0200. The zero-order valence-electron chi connectivity index (χ0n) is 18.6. The number of benzene rings is 1. The van der Waals surface area contributed by atoms with E-state index in [9.17, 15) is 9.59 Å². The van der Waals surface area contributed by atoms with E-state index in [0.29, 0.717) is 19.7 Å². The van der Waals surface area contributed by atoms with Crippen LogP contribution in [0.25, 0.3) is 0 Å². The van der Waals surface area contributed by atoms with Gasteiger partial charge in [0.15, 0.2) is 0 Å².